The summed E-state index contributed by atoms with van der Waals surface area (Å²) in [6, 6.07) is 0. The summed E-state index contributed by atoms with van der Waals surface area (Å²) in [6.07, 6.45) is 2.18. The number of carbonyl (C=O) groups is 1. The van der Waals surface area contributed by atoms with Gasteiger partial charge >= 0.3 is 5.97 Å². The van der Waals surface area contributed by atoms with E-state index < -0.39 is 0 Å². The monoisotopic (exact) mass is 288 g/mol. The Bertz CT molecular complexity index is 492. The Labute approximate surface area is 128 Å². The van der Waals surface area contributed by atoms with Gasteiger partial charge in [-0.05, 0) is 54.8 Å². The van der Waals surface area contributed by atoms with Crippen molar-refractivity contribution in [3.05, 3.63) is 24.3 Å². The zero-order valence-corrected chi connectivity index (χ0v) is 13.8. The quantitative estimate of drug-likeness (QED) is 0.432. The Morgan fingerprint density at radius 3 is 2.38 bits per heavy atom. The van der Waals surface area contributed by atoms with Crippen LogP contribution in [-0.2, 0) is 9.53 Å². The lowest BCUT2D eigenvalue weighted by atomic mass is 9.58. The van der Waals surface area contributed by atoms with Crippen molar-refractivity contribution in [2.75, 3.05) is 0 Å². The minimum Gasteiger partial charge on any atom is -0.458 e. The van der Waals surface area contributed by atoms with Crippen molar-refractivity contribution < 1.29 is 9.53 Å². The first-order valence-corrected chi connectivity index (χ1v) is 8.37. The summed E-state index contributed by atoms with van der Waals surface area (Å²) in [5.41, 5.74) is 1.81. The predicted molar refractivity (Wildman–Crippen MR) is 84.5 cm³/mol. The van der Waals surface area contributed by atoms with Crippen LogP contribution >= 0.6 is 0 Å². The van der Waals surface area contributed by atoms with Crippen LogP contribution in [0, 0.1) is 41.4 Å². The van der Waals surface area contributed by atoms with Gasteiger partial charge in [0, 0.05) is 12.0 Å². The zero-order valence-electron chi connectivity index (χ0n) is 13.8. The first kappa shape index (κ1) is 14.9. The van der Waals surface area contributed by atoms with Crippen molar-refractivity contribution in [1.82, 2.24) is 0 Å². The van der Waals surface area contributed by atoms with Gasteiger partial charge in [-0.3, -0.25) is 0 Å². The van der Waals surface area contributed by atoms with Crippen LogP contribution in [-0.4, -0.2) is 12.1 Å². The van der Waals surface area contributed by atoms with Crippen LogP contribution < -0.4 is 0 Å². The first-order chi connectivity index (χ1) is 9.82. The van der Waals surface area contributed by atoms with Crippen LogP contribution in [0.1, 0.15) is 40.5 Å². The standard InChI is InChI=1S/C19H28O2/c1-9(2)19(20)21-16-7-10(3)17-14-8-15(12(5)11(14)4)18(17)13(16)6/h11-18H,1,3,7-8H2,2,4-6H3/t11?,12?,13?,14?,15-,16?,17?,18?/m0/s1. The maximum atomic E-state index is 11.9. The van der Waals surface area contributed by atoms with E-state index in [1.807, 2.05) is 0 Å². The SMILES string of the molecule is C=C(C)C(=O)OC1CC(=C)C2C3C[C@@H](C(C)C3C)C2C1C. The average Bonchev–Trinajstić information content (AvgIpc) is 2.94. The number of fused-ring (bicyclic) bond motifs is 5. The molecule has 3 saturated carbocycles. The molecule has 0 aliphatic heterocycles. The maximum Gasteiger partial charge on any atom is 0.333 e. The molecule has 0 aromatic rings. The molecule has 116 valence electrons. The molecule has 0 amide bonds. The van der Waals surface area contributed by atoms with Crippen molar-refractivity contribution in [3.8, 4) is 0 Å². The molecule has 0 N–H and O–H groups in total. The molecule has 21 heavy (non-hydrogen) atoms. The fraction of sp³-hybridized carbons (Fsp3) is 0.737. The van der Waals surface area contributed by atoms with Gasteiger partial charge in [-0.15, -0.1) is 0 Å². The van der Waals surface area contributed by atoms with Gasteiger partial charge < -0.3 is 4.74 Å². The van der Waals surface area contributed by atoms with E-state index in [-0.39, 0.29) is 12.1 Å². The lowest BCUT2D eigenvalue weighted by Gasteiger charge is -2.48. The molecule has 0 aromatic carbocycles. The van der Waals surface area contributed by atoms with Crippen molar-refractivity contribution in [1.29, 1.82) is 0 Å². The molecule has 3 aliphatic carbocycles. The molecule has 2 bridgehead atoms. The largest absolute Gasteiger partial charge is 0.458 e. The molecule has 3 rings (SSSR count). The number of carbonyl (C=O) groups excluding carboxylic acids is 1. The van der Waals surface area contributed by atoms with E-state index in [1.165, 1.54) is 12.0 Å². The second-order valence-electron chi connectivity index (χ2n) is 7.83. The highest BCUT2D eigenvalue weighted by molar-refractivity contribution is 5.87. The van der Waals surface area contributed by atoms with Gasteiger partial charge in [-0.2, -0.15) is 0 Å². The van der Waals surface area contributed by atoms with Crippen LogP contribution in [0.25, 0.3) is 0 Å². The molecule has 0 heterocycles. The van der Waals surface area contributed by atoms with Crippen molar-refractivity contribution in [2.24, 2.45) is 41.4 Å². The number of hydrogen-bond acceptors (Lipinski definition) is 2. The molecule has 2 nitrogen and oxygen atoms in total. The summed E-state index contributed by atoms with van der Waals surface area (Å²) in [5.74, 6) is 4.71. The van der Waals surface area contributed by atoms with Crippen LogP contribution in [0.3, 0.4) is 0 Å². The molecule has 3 fully saturated rings. The van der Waals surface area contributed by atoms with Gasteiger partial charge in [0.15, 0.2) is 0 Å². The topological polar surface area (TPSA) is 26.3 Å². The Kier molecular flexibility index (Phi) is 3.54. The average molecular weight is 288 g/mol. The van der Waals surface area contributed by atoms with E-state index in [0.717, 1.165) is 30.1 Å². The van der Waals surface area contributed by atoms with Crippen molar-refractivity contribution >= 4 is 5.97 Å². The summed E-state index contributed by atoms with van der Waals surface area (Å²) < 4.78 is 5.71. The number of rotatable bonds is 2. The molecule has 0 aromatic heterocycles. The number of ether oxygens (including phenoxy) is 1. The highest BCUT2D eigenvalue weighted by Gasteiger charge is 2.59. The van der Waals surface area contributed by atoms with Gasteiger partial charge in [0.25, 0.3) is 0 Å². The summed E-state index contributed by atoms with van der Waals surface area (Å²) in [4.78, 5) is 11.9. The minimum absolute atomic E-state index is 0.00944. The van der Waals surface area contributed by atoms with Crippen LogP contribution in [0.15, 0.2) is 24.3 Å². The van der Waals surface area contributed by atoms with Crippen molar-refractivity contribution in [2.45, 2.75) is 46.6 Å². The lowest BCUT2D eigenvalue weighted by molar-refractivity contribution is -0.150. The summed E-state index contributed by atoms with van der Waals surface area (Å²) in [5, 5.41) is 0. The summed E-state index contributed by atoms with van der Waals surface area (Å²) in [6.45, 7) is 16.9. The molecular weight excluding hydrogens is 260 g/mol. The second kappa shape index (κ2) is 5.00. The van der Waals surface area contributed by atoms with Crippen LogP contribution in [0.4, 0.5) is 0 Å². The number of esters is 1. The number of hydrogen-bond donors (Lipinski definition) is 0. The van der Waals surface area contributed by atoms with Gasteiger partial charge in [-0.1, -0.05) is 39.5 Å². The van der Waals surface area contributed by atoms with E-state index in [9.17, 15) is 4.79 Å². The lowest BCUT2D eigenvalue weighted by Crippen LogP contribution is -2.46. The summed E-state index contributed by atoms with van der Waals surface area (Å²) >= 11 is 0. The van der Waals surface area contributed by atoms with E-state index in [1.54, 1.807) is 6.92 Å². The van der Waals surface area contributed by atoms with E-state index in [2.05, 4.69) is 33.9 Å². The van der Waals surface area contributed by atoms with Gasteiger partial charge in [0.2, 0.25) is 0 Å². The molecule has 0 spiro atoms. The normalized spacial score (nSPS) is 48.1. The fourth-order valence-corrected chi connectivity index (χ4v) is 5.56. The van der Waals surface area contributed by atoms with Gasteiger partial charge in [-0.25, -0.2) is 4.79 Å². The molecule has 3 aliphatic rings. The molecule has 2 heteroatoms. The molecule has 7 unspecified atom stereocenters. The molecule has 8 atom stereocenters. The summed E-state index contributed by atoms with van der Waals surface area (Å²) in [7, 11) is 0. The predicted octanol–water partition coefficient (Wildman–Crippen LogP) is 4.22. The molecule has 0 saturated heterocycles. The Morgan fingerprint density at radius 1 is 1.14 bits per heavy atom. The second-order valence-corrected chi connectivity index (χ2v) is 7.83. The molecule has 0 radical (unpaired) electrons. The minimum atomic E-state index is -0.248. The maximum absolute atomic E-state index is 11.9. The Morgan fingerprint density at radius 2 is 1.76 bits per heavy atom. The highest BCUT2D eigenvalue weighted by Crippen LogP contribution is 2.64. The van der Waals surface area contributed by atoms with Gasteiger partial charge in [0.1, 0.15) is 6.10 Å². The van der Waals surface area contributed by atoms with Crippen LogP contribution in [0.5, 0.6) is 0 Å². The Balaban J connectivity index is 1.81. The zero-order chi connectivity index (χ0) is 15.5. The van der Waals surface area contributed by atoms with Crippen molar-refractivity contribution in [3.63, 3.8) is 0 Å². The van der Waals surface area contributed by atoms with Crippen LogP contribution in [0.2, 0.25) is 0 Å². The Hall–Kier alpha value is -1.05. The van der Waals surface area contributed by atoms with E-state index in [4.69, 9.17) is 4.74 Å². The smallest absolute Gasteiger partial charge is 0.333 e. The van der Waals surface area contributed by atoms with Gasteiger partial charge in [0.05, 0.1) is 0 Å². The third-order valence-electron chi connectivity index (χ3n) is 6.83. The van der Waals surface area contributed by atoms with E-state index in [0.29, 0.717) is 23.3 Å². The fourth-order valence-electron chi connectivity index (χ4n) is 5.56. The highest BCUT2D eigenvalue weighted by atomic mass is 16.5. The third-order valence-corrected chi connectivity index (χ3v) is 6.83. The van der Waals surface area contributed by atoms with E-state index >= 15 is 0 Å². The first-order valence-electron chi connectivity index (χ1n) is 8.37. The molecular formula is C19H28O2. The third kappa shape index (κ3) is 2.10.